The molecule has 0 atom stereocenters. The van der Waals surface area contributed by atoms with Crippen LogP contribution in [0.2, 0.25) is 0 Å². The molecule has 0 aliphatic carbocycles. The molecule has 6 nitrogen and oxygen atoms in total. The number of rotatable bonds is 10. The van der Waals surface area contributed by atoms with Gasteiger partial charge in [-0.1, -0.05) is 26.7 Å². The summed E-state index contributed by atoms with van der Waals surface area (Å²) in [6, 6.07) is 12.3. The molecule has 0 unspecified atom stereocenters. The molecule has 6 heteroatoms. The van der Waals surface area contributed by atoms with Crippen LogP contribution in [0.15, 0.2) is 42.5 Å². The number of nitrogen functional groups attached to an aromatic ring is 1. The summed E-state index contributed by atoms with van der Waals surface area (Å²) in [5.74, 6) is 1.83. The van der Waals surface area contributed by atoms with Crippen LogP contribution in [0, 0.1) is 0 Å². The van der Waals surface area contributed by atoms with Crippen molar-refractivity contribution in [3.05, 3.63) is 42.5 Å². The SMILES string of the molecule is CCCCCNC(=O)Nc1ccc(Oc2ccc(N)cc2)c(OCCC)c1. The van der Waals surface area contributed by atoms with Gasteiger partial charge < -0.3 is 25.8 Å². The minimum atomic E-state index is -0.222. The molecular weight excluding hydrogens is 342 g/mol. The molecule has 0 bridgehead atoms. The second-order valence-electron chi connectivity index (χ2n) is 6.27. The average molecular weight is 371 g/mol. The summed E-state index contributed by atoms with van der Waals surface area (Å²) < 4.78 is 11.7. The second kappa shape index (κ2) is 11.0. The monoisotopic (exact) mass is 371 g/mol. The van der Waals surface area contributed by atoms with Crippen LogP contribution in [0.5, 0.6) is 17.2 Å². The smallest absolute Gasteiger partial charge is 0.319 e. The molecule has 0 radical (unpaired) electrons. The number of unbranched alkanes of at least 4 members (excludes halogenated alkanes) is 2. The zero-order valence-corrected chi connectivity index (χ0v) is 16.1. The van der Waals surface area contributed by atoms with E-state index in [-0.39, 0.29) is 6.03 Å². The Bertz CT molecular complexity index is 717. The third-order valence-electron chi connectivity index (χ3n) is 3.84. The van der Waals surface area contributed by atoms with Crippen molar-refractivity contribution in [3.63, 3.8) is 0 Å². The zero-order chi connectivity index (χ0) is 19.5. The number of hydrogen-bond acceptors (Lipinski definition) is 4. The highest BCUT2D eigenvalue weighted by Gasteiger charge is 2.10. The Morgan fingerprint density at radius 2 is 1.78 bits per heavy atom. The first-order valence-corrected chi connectivity index (χ1v) is 9.47. The number of ether oxygens (including phenoxy) is 2. The van der Waals surface area contributed by atoms with Crippen molar-refractivity contribution in [1.82, 2.24) is 5.32 Å². The number of carbonyl (C=O) groups excluding carboxylic acids is 1. The molecule has 146 valence electrons. The van der Waals surface area contributed by atoms with Crippen molar-refractivity contribution in [2.45, 2.75) is 39.5 Å². The maximum absolute atomic E-state index is 12.0. The molecule has 2 aromatic carbocycles. The number of urea groups is 1. The molecule has 27 heavy (non-hydrogen) atoms. The summed E-state index contributed by atoms with van der Waals surface area (Å²) in [5.41, 5.74) is 7.03. The van der Waals surface area contributed by atoms with Crippen LogP contribution in [0.4, 0.5) is 16.2 Å². The first-order valence-electron chi connectivity index (χ1n) is 9.47. The van der Waals surface area contributed by atoms with Gasteiger partial charge in [0.25, 0.3) is 0 Å². The van der Waals surface area contributed by atoms with Crippen LogP contribution >= 0.6 is 0 Å². The molecule has 0 saturated carbocycles. The van der Waals surface area contributed by atoms with E-state index in [0.717, 1.165) is 25.7 Å². The molecule has 4 N–H and O–H groups in total. The van der Waals surface area contributed by atoms with Gasteiger partial charge >= 0.3 is 6.03 Å². The van der Waals surface area contributed by atoms with Crippen molar-refractivity contribution >= 4 is 17.4 Å². The topological polar surface area (TPSA) is 85.6 Å². The first kappa shape index (κ1) is 20.4. The standard InChI is InChI=1S/C21H29N3O3/c1-3-5-6-13-23-21(25)24-17-9-12-19(20(15-17)26-14-4-2)27-18-10-7-16(22)8-11-18/h7-12,15H,3-6,13-14,22H2,1-2H3,(H2,23,24,25). The summed E-state index contributed by atoms with van der Waals surface area (Å²) in [5, 5.41) is 5.69. The van der Waals surface area contributed by atoms with E-state index < -0.39 is 0 Å². The highest BCUT2D eigenvalue weighted by Crippen LogP contribution is 2.34. The lowest BCUT2D eigenvalue weighted by Gasteiger charge is -2.14. The first-order chi connectivity index (χ1) is 13.1. The van der Waals surface area contributed by atoms with E-state index in [1.165, 1.54) is 0 Å². The number of anilines is 2. The maximum Gasteiger partial charge on any atom is 0.319 e. The summed E-state index contributed by atoms with van der Waals surface area (Å²) in [6.45, 7) is 5.39. The number of amides is 2. The lowest BCUT2D eigenvalue weighted by molar-refractivity contribution is 0.252. The van der Waals surface area contributed by atoms with Crippen LogP contribution in [0.25, 0.3) is 0 Å². The van der Waals surface area contributed by atoms with Gasteiger partial charge in [0.15, 0.2) is 11.5 Å². The van der Waals surface area contributed by atoms with E-state index in [1.54, 1.807) is 42.5 Å². The van der Waals surface area contributed by atoms with E-state index in [9.17, 15) is 4.79 Å². The Hall–Kier alpha value is -2.89. The van der Waals surface area contributed by atoms with Gasteiger partial charge in [0.2, 0.25) is 0 Å². The number of nitrogens with one attached hydrogen (secondary N) is 2. The molecule has 2 amide bonds. The number of nitrogens with two attached hydrogens (primary N) is 1. The van der Waals surface area contributed by atoms with Crippen LogP contribution < -0.4 is 25.8 Å². The van der Waals surface area contributed by atoms with Gasteiger partial charge in [0.05, 0.1) is 6.61 Å². The van der Waals surface area contributed by atoms with Crippen LogP contribution in [0.3, 0.4) is 0 Å². The van der Waals surface area contributed by atoms with E-state index in [1.807, 2.05) is 6.92 Å². The third kappa shape index (κ3) is 7.09. The van der Waals surface area contributed by atoms with Gasteiger partial charge in [0, 0.05) is 24.0 Å². The Labute approximate surface area is 161 Å². The van der Waals surface area contributed by atoms with Crippen LogP contribution in [-0.2, 0) is 0 Å². The summed E-state index contributed by atoms with van der Waals surface area (Å²) in [6.07, 6.45) is 4.07. The molecule has 0 aromatic heterocycles. The number of carbonyl (C=O) groups is 1. The summed E-state index contributed by atoms with van der Waals surface area (Å²) in [7, 11) is 0. The average Bonchev–Trinajstić information content (AvgIpc) is 2.67. The fourth-order valence-corrected chi connectivity index (χ4v) is 2.41. The number of hydrogen-bond donors (Lipinski definition) is 3. The highest BCUT2D eigenvalue weighted by atomic mass is 16.5. The Morgan fingerprint density at radius 3 is 2.48 bits per heavy atom. The fourth-order valence-electron chi connectivity index (χ4n) is 2.41. The van der Waals surface area contributed by atoms with E-state index >= 15 is 0 Å². The molecule has 0 aliphatic heterocycles. The Morgan fingerprint density at radius 1 is 1.00 bits per heavy atom. The largest absolute Gasteiger partial charge is 0.490 e. The van der Waals surface area contributed by atoms with Crippen LogP contribution in [-0.4, -0.2) is 19.2 Å². The normalized spacial score (nSPS) is 10.3. The van der Waals surface area contributed by atoms with Crippen molar-refractivity contribution in [2.24, 2.45) is 0 Å². The molecule has 2 aromatic rings. The fraction of sp³-hybridized carbons (Fsp3) is 0.381. The van der Waals surface area contributed by atoms with Gasteiger partial charge in [-0.2, -0.15) is 0 Å². The third-order valence-corrected chi connectivity index (χ3v) is 3.84. The molecule has 0 saturated heterocycles. The van der Waals surface area contributed by atoms with E-state index in [2.05, 4.69) is 17.6 Å². The Balaban J connectivity index is 2.05. The quantitative estimate of drug-likeness (QED) is 0.398. The van der Waals surface area contributed by atoms with Crippen molar-refractivity contribution in [3.8, 4) is 17.2 Å². The Kier molecular flexibility index (Phi) is 8.29. The van der Waals surface area contributed by atoms with Crippen molar-refractivity contribution in [2.75, 3.05) is 24.2 Å². The van der Waals surface area contributed by atoms with Crippen molar-refractivity contribution in [1.29, 1.82) is 0 Å². The maximum atomic E-state index is 12.0. The molecule has 0 fully saturated rings. The summed E-state index contributed by atoms with van der Waals surface area (Å²) >= 11 is 0. The minimum absolute atomic E-state index is 0.222. The minimum Gasteiger partial charge on any atom is -0.490 e. The molecule has 0 aliphatic rings. The second-order valence-corrected chi connectivity index (χ2v) is 6.27. The van der Waals surface area contributed by atoms with Crippen LogP contribution in [0.1, 0.15) is 39.5 Å². The van der Waals surface area contributed by atoms with Gasteiger partial charge in [-0.05, 0) is 49.2 Å². The predicted octanol–water partition coefficient (Wildman–Crippen LogP) is 5.16. The highest BCUT2D eigenvalue weighted by molar-refractivity contribution is 5.89. The van der Waals surface area contributed by atoms with Gasteiger partial charge in [-0.25, -0.2) is 4.79 Å². The predicted molar refractivity (Wildman–Crippen MR) is 110 cm³/mol. The molecular formula is C21H29N3O3. The van der Waals surface area contributed by atoms with Gasteiger partial charge in [0.1, 0.15) is 5.75 Å². The summed E-state index contributed by atoms with van der Waals surface area (Å²) in [4.78, 5) is 12.0. The van der Waals surface area contributed by atoms with Crippen molar-refractivity contribution < 1.29 is 14.3 Å². The van der Waals surface area contributed by atoms with Gasteiger partial charge in [-0.3, -0.25) is 0 Å². The lowest BCUT2D eigenvalue weighted by atomic mass is 10.2. The molecule has 2 rings (SSSR count). The number of benzene rings is 2. The van der Waals surface area contributed by atoms with E-state index in [0.29, 0.717) is 41.8 Å². The zero-order valence-electron chi connectivity index (χ0n) is 16.1. The van der Waals surface area contributed by atoms with E-state index in [4.69, 9.17) is 15.2 Å². The molecule has 0 heterocycles. The lowest BCUT2D eigenvalue weighted by Crippen LogP contribution is -2.29. The molecule has 0 spiro atoms. The van der Waals surface area contributed by atoms with Gasteiger partial charge in [-0.15, -0.1) is 0 Å².